The summed E-state index contributed by atoms with van der Waals surface area (Å²) in [5.41, 5.74) is 1.00. The Morgan fingerprint density at radius 3 is 2.55 bits per heavy atom. The summed E-state index contributed by atoms with van der Waals surface area (Å²) in [7, 11) is 0. The SMILES string of the molecule is CCCCCCC1(C=Cc2ccc(Cl)c(Cl)c2)OCCCO1. The van der Waals surface area contributed by atoms with Crippen LogP contribution in [-0.4, -0.2) is 19.0 Å². The molecule has 0 N–H and O–H groups in total. The lowest BCUT2D eigenvalue weighted by Crippen LogP contribution is -2.38. The summed E-state index contributed by atoms with van der Waals surface area (Å²) in [5.74, 6) is -0.585. The van der Waals surface area contributed by atoms with Crippen molar-refractivity contribution >= 4 is 29.3 Å². The summed E-state index contributed by atoms with van der Waals surface area (Å²) < 4.78 is 11.9. The summed E-state index contributed by atoms with van der Waals surface area (Å²) >= 11 is 12.0. The van der Waals surface area contributed by atoms with Crippen LogP contribution < -0.4 is 0 Å². The van der Waals surface area contributed by atoms with Crippen LogP contribution in [0.3, 0.4) is 0 Å². The van der Waals surface area contributed by atoms with Crippen molar-refractivity contribution in [1.29, 1.82) is 0 Å². The Bertz CT molecular complexity index is 494. The molecule has 0 amide bonds. The van der Waals surface area contributed by atoms with E-state index in [9.17, 15) is 0 Å². The maximum atomic E-state index is 6.06. The molecule has 1 fully saturated rings. The second kappa shape index (κ2) is 8.93. The smallest absolute Gasteiger partial charge is 0.188 e. The van der Waals surface area contributed by atoms with E-state index in [2.05, 4.69) is 6.92 Å². The van der Waals surface area contributed by atoms with E-state index in [4.69, 9.17) is 32.7 Å². The zero-order valence-electron chi connectivity index (χ0n) is 13.1. The number of hydrogen-bond acceptors (Lipinski definition) is 2. The van der Waals surface area contributed by atoms with Gasteiger partial charge in [-0.3, -0.25) is 0 Å². The standard InChI is InChI=1S/C18H24Cl2O2/c1-2-3-4-5-10-18(21-12-6-13-22-18)11-9-15-7-8-16(19)17(20)14-15/h7-9,11,14H,2-6,10,12-13H2,1H3. The molecular formula is C18H24Cl2O2. The average Bonchev–Trinajstić information content (AvgIpc) is 2.54. The van der Waals surface area contributed by atoms with Gasteiger partial charge in [-0.2, -0.15) is 0 Å². The molecule has 0 spiro atoms. The van der Waals surface area contributed by atoms with Gasteiger partial charge in [0.1, 0.15) is 0 Å². The third-order valence-corrected chi connectivity index (χ3v) is 4.57. The van der Waals surface area contributed by atoms with E-state index in [0.29, 0.717) is 10.0 Å². The van der Waals surface area contributed by atoms with Gasteiger partial charge < -0.3 is 9.47 Å². The molecule has 0 atom stereocenters. The maximum absolute atomic E-state index is 6.06. The minimum atomic E-state index is -0.585. The number of benzene rings is 1. The van der Waals surface area contributed by atoms with Gasteiger partial charge in [-0.15, -0.1) is 0 Å². The van der Waals surface area contributed by atoms with Gasteiger partial charge in [0.25, 0.3) is 0 Å². The van der Waals surface area contributed by atoms with Gasteiger partial charge >= 0.3 is 0 Å². The number of halogens is 2. The van der Waals surface area contributed by atoms with E-state index in [1.807, 2.05) is 24.3 Å². The normalized spacial score (nSPS) is 18.0. The second-order valence-electron chi connectivity index (χ2n) is 5.68. The molecule has 1 heterocycles. The topological polar surface area (TPSA) is 18.5 Å². The van der Waals surface area contributed by atoms with Gasteiger partial charge in [0.15, 0.2) is 5.79 Å². The van der Waals surface area contributed by atoms with Crippen molar-refractivity contribution < 1.29 is 9.47 Å². The minimum absolute atomic E-state index is 0.561. The molecule has 0 aliphatic carbocycles. The number of rotatable bonds is 7. The van der Waals surface area contributed by atoms with Crippen molar-refractivity contribution in [2.75, 3.05) is 13.2 Å². The lowest BCUT2D eigenvalue weighted by atomic mass is 10.0. The summed E-state index contributed by atoms with van der Waals surface area (Å²) in [6.07, 6.45) is 10.7. The molecule has 2 rings (SSSR count). The van der Waals surface area contributed by atoms with Gasteiger partial charge in [0, 0.05) is 6.42 Å². The highest BCUT2D eigenvalue weighted by Gasteiger charge is 2.31. The highest BCUT2D eigenvalue weighted by molar-refractivity contribution is 6.42. The quantitative estimate of drug-likeness (QED) is 0.556. The Kier molecular flexibility index (Phi) is 7.23. The molecule has 0 aromatic heterocycles. The molecule has 0 radical (unpaired) electrons. The first-order valence-corrected chi connectivity index (χ1v) is 8.83. The Labute approximate surface area is 143 Å². The molecule has 1 aliphatic rings. The first-order valence-electron chi connectivity index (χ1n) is 8.07. The van der Waals surface area contributed by atoms with Crippen molar-refractivity contribution in [2.24, 2.45) is 0 Å². The van der Waals surface area contributed by atoms with E-state index >= 15 is 0 Å². The molecule has 1 aromatic carbocycles. The predicted octanol–water partition coefficient (Wildman–Crippen LogP) is 6.11. The fourth-order valence-electron chi connectivity index (χ4n) is 2.55. The molecule has 0 unspecified atom stereocenters. The van der Waals surface area contributed by atoms with Crippen LogP contribution in [0.15, 0.2) is 24.3 Å². The summed E-state index contributed by atoms with van der Waals surface area (Å²) in [5, 5.41) is 1.13. The Morgan fingerprint density at radius 1 is 1.09 bits per heavy atom. The van der Waals surface area contributed by atoms with Crippen LogP contribution in [-0.2, 0) is 9.47 Å². The fraction of sp³-hybridized carbons (Fsp3) is 0.556. The monoisotopic (exact) mass is 342 g/mol. The summed E-state index contributed by atoms with van der Waals surface area (Å²) in [4.78, 5) is 0. The zero-order valence-corrected chi connectivity index (χ0v) is 14.6. The van der Waals surface area contributed by atoms with Gasteiger partial charge in [-0.1, -0.05) is 61.5 Å². The van der Waals surface area contributed by atoms with Crippen molar-refractivity contribution in [3.8, 4) is 0 Å². The summed E-state index contributed by atoms with van der Waals surface area (Å²) in [6.45, 7) is 3.71. The highest BCUT2D eigenvalue weighted by Crippen LogP contribution is 2.29. The van der Waals surface area contributed by atoms with E-state index < -0.39 is 5.79 Å². The van der Waals surface area contributed by atoms with Crippen LogP contribution in [0.5, 0.6) is 0 Å². The lowest BCUT2D eigenvalue weighted by Gasteiger charge is -2.35. The molecule has 1 aliphatic heterocycles. The molecule has 4 heteroatoms. The van der Waals surface area contributed by atoms with Crippen LogP contribution in [0.1, 0.15) is 51.0 Å². The van der Waals surface area contributed by atoms with E-state index in [1.54, 1.807) is 6.07 Å². The van der Waals surface area contributed by atoms with Gasteiger partial charge in [0.05, 0.1) is 23.3 Å². The van der Waals surface area contributed by atoms with Gasteiger partial charge in [-0.05, 0) is 36.6 Å². The van der Waals surface area contributed by atoms with E-state index in [0.717, 1.165) is 38.0 Å². The van der Waals surface area contributed by atoms with Gasteiger partial charge in [-0.25, -0.2) is 0 Å². The zero-order chi connectivity index (χ0) is 15.8. The fourth-order valence-corrected chi connectivity index (χ4v) is 2.86. The first-order chi connectivity index (χ1) is 10.7. The molecule has 0 saturated carbocycles. The third-order valence-electron chi connectivity index (χ3n) is 3.83. The van der Waals surface area contributed by atoms with Crippen LogP contribution in [0.2, 0.25) is 10.0 Å². The third kappa shape index (κ3) is 5.27. The van der Waals surface area contributed by atoms with Crippen LogP contribution >= 0.6 is 23.2 Å². The van der Waals surface area contributed by atoms with Crippen molar-refractivity contribution in [2.45, 2.75) is 51.2 Å². The minimum Gasteiger partial charge on any atom is -0.346 e. The maximum Gasteiger partial charge on any atom is 0.188 e. The predicted molar refractivity (Wildman–Crippen MR) is 93.5 cm³/mol. The largest absolute Gasteiger partial charge is 0.346 e. The molecule has 122 valence electrons. The molecular weight excluding hydrogens is 319 g/mol. The molecule has 1 saturated heterocycles. The molecule has 0 bridgehead atoms. The number of ether oxygens (including phenoxy) is 2. The van der Waals surface area contributed by atoms with Crippen LogP contribution in [0.4, 0.5) is 0 Å². The number of unbranched alkanes of at least 4 members (excludes halogenated alkanes) is 3. The molecule has 22 heavy (non-hydrogen) atoms. The van der Waals surface area contributed by atoms with Gasteiger partial charge in [0.2, 0.25) is 0 Å². The average molecular weight is 343 g/mol. The Balaban J connectivity index is 2.04. The van der Waals surface area contributed by atoms with Crippen LogP contribution in [0.25, 0.3) is 6.08 Å². The lowest BCUT2D eigenvalue weighted by molar-refractivity contribution is -0.239. The first kappa shape index (κ1) is 17.8. The van der Waals surface area contributed by atoms with E-state index in [1.165, 1.54) is 19.3 Å². The van der Waals surface area contributed by atoms with Crippen molar-refractivity contribution in [3.63, 3.8) is 0 Å². The van der Waals surface area contributed by atoms with E-state index in [-0.39, 0.29) is 0 Å². The van der Waals surface area contributed by atoms with Crippen molar-refractivity contribution in [3.05, 3.63) is 39.9 Å². The summed E-state index contributed by atoms with van der Waals surface area (Å²) in [6, 6.07) is 5.60. The van der Waals surface area contributed by atoms with Crippen LogP contribution in [0, 0.1) is 0 Å². The Hall–Kier alpha value is -0.540. The molecule has 1 aromatic rings. The number of hydrogen-bond donors (Lipinski definition) is 0. The second-order valence-corrected chi connectivity index (χ2v) is 6.49. The molecule has 2 nitrogen and oxygen atoms in total. The van der Waals surface area contributed by atoms with Crippen molar-refractivity contribution in [1.82, 2.24) is 0 Å². The highest BCUT2D eigenvalue weighted by atomic mass is 35.5. The Morgan fingerprint density at radius 2 is 1.86 bits per heavy atom.